The highest BCUT2D eigenvalue weighted by Crippen LogP contribution is 2.29. The maximum Gasteiger partial charge on any atom is 0.160 e. The van der Waals surface area contributed by atoms with E-state index >= 15 is 0 Å². The minimum Gasteiger partial charge on any atom is -0.354 e. The van der Waals surface area contributed by atoms with Gasteiger partial charge in [0.15, 0.2) is 6.29 Å². The second-order valence-electron chi connectivity index (χ2n) is 3.73. The van der Waals surface area contributed by atoms with Crippen LogP contribution in [-0.2, 0) is 0 Å². The van der Waals surface area contributed by atoms with Crippen molar-refractivity contribution in [3.8, 4) is 11.3 Å². The number of rotatable bonds is 2. The SMILES string of the molecule is O=Cc1sccc1-c1cc2cc(F)ccc2[nH]1. The molecule has 0 spiro atoms. The molecule has 2 aromatic heterocycles. The van der Waals surface area contributed by atoms with E-state index in [2.05, 4.69) is 4.98 Å². The van der Waals surface area contributed by atoms with E-state index < -0.39 is 0 Å². The van der Waals surface area contributed by atoms with Gasteiger partial charge in [-0.3, -0.25) is 4.79 Å². The molecule has 0 aliphatic rings. The first-order valence-corrected chi connectivity index (χ1v) is 5.97. The molecule has 84 valence electrons. The molecule has 0 bridgehead atoms. The molecule has 3 aromatic rings. The first-order valence-electron chi connectivity index (χ1n) is 5.09. The van der Waals surface area contributed by atoms with Gasteiger partial charge in [0, 0.05) is 22.2 Å². The van der Waals surface area contributed by atoms with Crippen LogP contribution >= 0.6 is 11.3 Å². The van der Waals surface area contributed by atoms with Crippen LogP contribution in [-0.4, -0.2) is 11.3 Å². The van der Waals surface area contributed by atoms with Crippen LogP contribution in [0, 0.1) is 5.82 Å². The lowest BCUT2D eigenvalue weighted by molar-refractivity contribution is 0.112. The first kappa shape index (κ1) is 10.2. The Labute approximate surface area is 101 Å². The minimum absolute atomic E-state index is 0.260. The third kappa shape index (κ3) is 1.66. The summed E-state index contributed by atoms with van der Waals surface area (Å²) >= 11 is 1.40. The number of halogens is 1. The zero-order valence-corrected chi connectivity index (χ0v) is 9.55. The van der Waals surface area contributed by atoms with Crippen LogP contribution in [0.25, 0.3) is 22.2 Å². The first-order chi connectivity index (χ1) is 8.28. The lowest BCUT2D eigenvalue weighted by Gasteiger charge is -1.93. The molecule has 2 nitrogen and oxygen atoms in total. The number of fused-ring (bicyclic) bond motifs is 1. The average molecular weight is 245 g/mol. The van der Waals surface area contributed by atoms with Gasteiger partial charge in [-0.15, -0.1) is 11.3 Å². The Morgan fingerprint density at radius 1 is 1.24 bits per heavy atom. The molecule has 0 aliphatic heterocycles. The fraction of sp³-hybridized carbons (Fsp3) is 0. The largest absolute Gasteiger partial charge is 0.354 e. The van der Waals surface area contributed by atoms with Crippen molar-refractivity contribution in [1.82, 2.24) is 4.98 Å². The molecule has 0 unspecified atom stereocenters. The summed E-state index contributed by atoms with van der Waals surface area (Å²) in [4.78, 5) is 14.7. The summed E-state index contributed by atoms with van der Waals surface area (Å²) in [6.07, 6.45) is 0.839. The van der Waals surface area contributed by atoms with E-state index in [-0.39, 0.29) is 5.82 Å². The molecule has 4 heteroatoms. The highest BCUT2D eigenvalue weighted by Gasteiger charge is 2.09. The number of aldehydes is 1. The second kappa shape index (κ2) is 3.82. The van der Waals surface area contributed by atoms with Crippen LogP contribution in [0.4, 0.5) is 4.39 Å². The molecule has 0 saturated carbocycles. The zero-order valence-electron chi connectivity index (χ0n) is 8.74. The van der Waals surface area contributed by atoms with Gasteiger partial charge in [-0.1, -0.05) is 0 Å². The predicted octanol–water partition coefficient (Wildman–Crippen LogP) is 3.85. The molecule has 0 aliphatic carbocycles. The van der Waals surface area contributed by atoms with Gasteiger partial charge in [-0.05, 0) is 35.7 Å². The number of benzene rings is 1. The summed E-state index contributed by atoms with van der Waals surface area (Å²) in [5.74, 6) is -0.260. The van der Waals surface area contributed by atoms with Crippen molar-refractivity contribution >= 4 is 28.5 Å². The molecular formula is C13H8FNOS. The molecule has 0 fully saturated rings. The predicted molar refractivity (Wildman–Crippen MR) is 67.0 cm³/mol. The molecule has 0 saturated heterocycles. The Balaban J connectivity index is 2.21. The fourth-order valence-corrected chi connectivity index (χ4v) is 2.59. The van der Waals surface area contributed by atoms with Gasteiger partial charge in [0.2, 0.25) is 0 Å². The van der Waals surface area contributed by atoms with Crippen molar-refractivity contribution in [2.24, 2.45) is 0 Å². The molecule has 1 N–H and O–H groups in total. The van der Waals surface area contributed by atoms with Gasteiger partial charge in [-0.2, -0.15) is 0 Å². The number of carbonyl (C=O) groups excluding carboxylic acids is 1. The lowest BCUT2D eigenvalue weighted by atomic mass is 10.2. The number of thiophene rings is 1. The maximum absolute atomic E-state index is 13.1. The van der Waals surface area contributed by atoms with Gasteiger partial charge in [0.1, 0.15) is 5.82 Å². The van der Waals surface area contributed by atoms with Crippen molar-refractivity contribution in [2.45, 2.75) is 0 Å². The number of H-pyrrole nitrogens is 1. The van der Waals surface area contributed by atoms with E-state index in [1.54, 1.807) is 6.07 Å². The summed E-state index contributed by atoms with van der Waals surface area (Å²) in [7, 11) is 0. The molecule has 17 heavy (non-hydrogen) atoms. The van der Waals surface area contributed by atoms with Crippen molar-refractivity contribution < 1.29 is 9.18 Å². The van der Waals surface area contributed by atoms with Gasteiger partial charge < -0.3 is 4.98 Å². The van der Waals surface area contributed by atoms with Crippen LogP contribution in [0.15, 0.2) is 35.7 Å². The lowest BCUT2D eigenvalue weighted by Crippen LogP contribution is -1.79. The van der Waals surface area contributed by atoms with Crippen LogP contribution in [0.1, 0.15) is 9.67 Å². The quantitative estimate of drug-likeness (QED) is 0.683. The maximum atomic E-state index is 13.1. The van der Waals surface area contributed by atoms with Crippen molar-refractivity contribution in [2.75, 3.05) is 0 Å². The van der Waals surface area contributed by atoms with Crippen LogP contribution < -0.4 is 0 Å². The van der Waals surface area contributed by atoms with E-state index in [4.69, 9.17) is 0 Å². The van der Waals surface area contributed by atoms with Gasteiger partial charge in [0.25, 0.3) is 0 Å². The van der Waals surface area contributed by atoms with Gasteiger partial charge in [-0.25, -0.2) is 4.39 Å². The van der Waals surface area contributed by atoms with Crippen molar-refractivity contribution in [3.05, 3.63) is 46.4 Å². The van der Waals surface area contributed by atoms with Gasteiger partial charge in [0.05, 0.1) is 4.88 Å². The molecule has 3 rings (SSSR count). The normalized spacial score (nSPS) is 10.9. The van der Waals surface area contributed by atoms with E-state index in [0.717, 1.165) is 28.4 Å². The van der Waals surface area contributed by atoms with Crippen molar-refractivity contribution in [3.63, 3.8) is 0 Å². The molecule has 2 heterocycles. The molecular weight excluding hydrogens is 237 g/mol. The number of aromatic amines is 1. The number of aromatic nitrogens is 1. The zero-order chi connectivity index (χ0) is 11.8. The Kier molecular flexibility index (Phi) is 2.30. The Hall–Kier alpha value is -1.94. The summed E-state index contributed by atoms with van der Waals surface area (Å²) in [6, 6.07) is 8.32. The summed E-state index contributed by atoms with van der Waals surface area (Å²) < 4.78 is 13.1. The van der Waals surface area contributed by atoms with E-state index in [9.17, 15) is 9.18 Å². The minimum atomic E-state index is -0.260. The Bertz CT molecular complexity index is 698. The van der Waals surface area contributed by atoms with Crippen LogP contribution in [0.5, 0.6) is 0 Å². The second-order valence-corrected chi connectivity index (χ2v) is 4.68. The highest BCUT2D eigenvalue weighted by atomic mass is 32.1. The number of hydrogen-bond donors (Lipinski definition) is 1. The van der Waals surface area contributed by atoms with E-state index in [1.165, 1.54) is 23.5 Å². The number of hydrogen-bond acceptors (Lipinski definition) is 2. The Morgan fingerprint density at radius 3 is 2.94 bits per heavy atom. The summed E-state index contributed by atoms with van der Waals surface area (Å²) in [5, 5.41) is 2.67. The monoisotopic (exact) mass is 245 g/mol. The topological polar surface area (TPSA) is 32.9 Å². The van der Waals surface area contributed by atoms with Crippen LogP contribution in [0.3, 0.4) is 0 Å². The molecule has 0 amide bonds. The molecule has 1 aromatic carbocycles. The van der Waals surface area contributed by atoms with Gasteiger partial charge >= 0.3 is 0 Å². The fourth-order valence-electron chi connectivity index (χ4n) is 1.88. The Morgan fingerprint density at radius 2 is 2.12 bits per heavy atom. The number of nitrogens with one attached hydrogen (secondary N) is 1. The van der Waals surface area contributed by atoms with Crippen LogP contribution in [0.2, 0.25) is 0 Å². The highest BCUT2D eigenvalue weighted by molar-refractivity contribution is 7.12. The molecule has 0 radical (unpaired) electrons. The number of carbonyl (C=O) groups is 1. The summed E-state index contributed by atoms with van der Waals surface area (Å²) in [6.45, 7) is 0. The molecule has 0 atom stereocenters. The average Bonchev–Trinajstić information content (AvgIpc) is 2.93. The van der Waals surface area contributed by atoms with E-state index in [0.29, 0.717) is 4.88 Å². The third-order valence-electron chi connectivity index (χ3n) is 2.68. The smallest absolute Gasteiger partial charge is 0.160 e. The third-order valence-corrected chi connectivity index (χ3v) is 3.52. The van der Waals surface area contributed by atoms with E-state index in [1.807, 2.05) is 17.5 Å². The van der Waals surface area contributed by atoms with Crippen molar-refractivity contribution in [1.29, 1.82) is 0 Å². The standard InChI is InChI=1S/C13H8FNOS/c14-9-1-2-11-8(5-9)6-12(15-11)10-3-4-17-13(10)7-16/h1-7,15H. The summed E-state index contributed by atoms with van der Waals surface area (Å²) in [5.41, 5.74) is 2.57.